The van der Waals surface area contributed by atoms with Crippen molar-refractivity contribution in [1.82, 2.24) is 10.2 Å². The Balaban J connectivity index is 1.47. The van der Waals surface area contributed by atoms with Gasteiger partial charge in [0.15, 0.2) is 0 Å². The molecule has 1 atom stereocenters. The van der Waals surface area contributed by atoms with Crippen molar-refractivity contribution in [3.8, 4) is 5.75 Å². The topological polar surface area (TPSA) is 84.4 Å². The number of anilines is 2. The van der Waals surface area contributed by atoms with Crippen LogP contribution in [0.2, 0.25) is 5.02 Å². The van der Waals surface area contributed by atoms with E-state index >= 15 is 0 Å². The van der Waals surface area contributed by atoms with Gasteiger partial charge in [0.25, 0.3) is 5.91 Å². The van der Waals surface area contributed by atoms with Crippen molar-refractivity contribution in [3.05, 3.63) is 64.1 Å². The Hall–Kier alpha value is -2.97. The van der Waals surface area contributed by atoms with Gasteiger partial charge < -0.3 is 9.64 Å². The van der Waals surface area contributed by atoms with E-state index in [0.29, 0.717) is 39.4 Å². The Bertz CT molecular complexity index is 1060. The summed E-state index contributed by atoms with van der Waals surface area (Å²) in [6.45, 7) is 0.535. The molecule has 1 N–H and O–H groups in total. The summed E-state index contributed by atoms with van der Waals surface area (Å²) in [5, 5.41) is 12.5. The van der Waals surface area contributed by atoms with Crippen molar-refractivity contribution in [2.75, 3.05) is 23.9 Å². The fraction of sp³-hybridized carbons (Fsp3) is 0.200. The number of amides is 2. The van der Waals surface area contributed by atoms with Crippen LogP contribution in [0.4, 0.5) is 10.8 Å². The summed E-state index contributed by atoms with van der Waals surface area (Å²) in [6, 6.07) is 14.3. The van der Waals surface area contributed by atoms with Crippen LogP contribution in [0, 0.1) is 0 Å². The molecule has 0 bridgehead atoms. The van der Waals surface area contributed by atoms with Gasteiger partial charge in [-0.1, -0.05) is 41.1 Å². The summed E-state index contributed by atoms with van der Waals surface area (Å²) >= 11 is 7.25. The molecular formula is C20H17ClN4O3S. The van der Waals surface area contributed by atoms with Gasteiger partial charge >= 0.3 is 0 Å². The number of ether oxygens (including phenoxy) is 1. The maximum Gasteiger partial charge on any atom is 0.261 e. The minimum atomic E-state index is -0.388. The first kappa shape index (κ1) is 19.4. The second-order valence-electron chi connectivity index (χ2n) is 6.49. The Kier molecular flexibility index (Phi) is 5.46. The van der Waals surface area contributed by atoms with Crippen LogP contribution in [-0.2, 0) is 4.79 Å². The van der Waals surface area contributed by atoms with Crippen molar-refractivity contribution in [2.24, 2.45) is 0 Å². The third-order valence-electron chi connectivity index (χ3n) is 4.61. The lowest BCUT2D eigenvalue weighted by molar-refractivity contribution is -0.117. The van der Waals surface area contributed by atoms with E-state index in [1.54, 1.807) is 17.0 Å². The number of methoxy groups -OCH3 is 1. The normalized spacial score (nSPS) is 16.1. The molecule has 1 aromatic heterocycles. The van der Waals surface area contributed by atoms with Crippen molar-refractivity contribution < 1.29 is 14.3 Å². The number of hydrogen-bond donors (Lipinski definition) is 1. The monoisotopic (exact) mass is 428 g/mol. The first-order valence-corrected chi connectivity index (χ1v) is 10.1. The maximum absolute atomic E-state index is 12.6. The standard InChI is InChI=1S/C20H17ClN4O3S/c1-28-16-8-7-13(21)10-15(16)18(27)22-20-24-23-19(29-20)12-9-17(26)25(11-12)14-5-3-2-4-6-14/h2-8,10,12H,9,11H2,1H3,(H,22,24,27)/t12-/m1/s1. The van der Waals surface area contributed by atoms with Gasteiger partial charge in [-0.3, -0.25) is 14.9 Å². The van der Waals surface area contributed by atoms with Gasteiger partial charge in [-0.2, -0.15) is 0 Å². The van der Waals surface area contributed by atoms with Crippen LogP contribution < -0.4 is 15.0 Å². The third kappa shape index (κ3) is 4.08. The van der Waals surface area contributed by atoms with E-state index in [4.69, 9.17) is 16.3 Å². The Morgan fingerprint density at radius 3 is 2.79 bits per heavy atom. The van der Waals surface area contributed by atoms with E-state index in [9.17, 15) is 9.59 Å². The second-order valence-corrected chi connectivity index (χ2v) is 7.93. The van der Waals surface area contributed by atoms with Gasteiger partial charge in [-0.05, 0) is 30.3 Å². The highest BCUT2D eigenvalue weighted by Crippen LogP contribution is 2.34. The highest BCUT2D eigenvalue weighted by Gasteiger charge is 2.34. The zero-order valence-electron chi connectivity index (χ0n) is 15.5. The number of nitrogens with one attached hydrogen (secondary N) is 1. The van der Waals surface area contributed by atoms with Crippen LogP contribution in [0.15, 0.2) is 48.5 Å². The molecule has 0 unspecified atom stereocenters. The zero-order valence-corrected chi connectivity index (χ0v) is 17.0. The zero-order chi connectivity index (χ0) is 20.4. The molecule has 148 valence electrons. The first-order chi connectivity index (χ1) is 14.0. The molecule has 3 aromatic rings. The molecule has 4 rings (SSSR count). The van der Waals surface area contributed by atoms with Gasteiger partial charge in [0.05, 0.1) is 12.7 Å². The van der Waals surface area contributed by atoms with E-state index in [2.05, 4.69) is 15.5 Å². The van der Waals surface area contributed by atoms with Crippen molar-refractivity contribution in [3.63, 3.8) is 0 Å². The second kappa shape index (κ2) is 8.18. The average Bonchev–Trinajstić information content (AvgIpc) is 3.35. The summed E-state index contributed by atoms with van der Waals surface area (Å²) in [5.41, 5.74) is 1.18. The molecule has 9 heteroatoms. The van der Waals surface area contributed by atoms with Gasteiger partial charge in [-0.15, -0.1) is 10.2 Å². The van der Waals surface area contributed by atoms with Crippen LogP contribution in [0.25, 0.3) is 0 Å². The van der Waals surface area contributed by atoms with Gasteiger partial charge in [0.2, 0.25) is 11.0 Å². The molecule has 2 heterocycles. The molecule has 0 aliphatic carbocycles. The molecule has 0 spiro atoms. The fourth-order valence-corrected chi connectivity index (χ4v) is 4.20. The lowest BCUT2D eigenvalue weighted by Gasteiger charge is -2.15. The quantitative estimate of drug-likeness (QED) is 0.664. The molecule has 1 aliphatic rings. The SMILES string of the molecule is COc1ccc(Cl)cc1C(=O)Nc1nnc([C@@H]2CC(=O)N(c3ccccc3)C2)s1. The number of rotatable bonds is 5. The molecule has 1 fully saturated rings. The summed E-state index contributed by atoms with van der Waals surface area (Å²) in [6.07, 6.45) is 0.361. The highest BCUT2D eigenvalue weighted by molar-refractivity contribution is 7.15. The van der Waals surface area contributed by atoms with Crippen LogP contribution in [0.1, 0.15) is 27.7 Å². The largest absolute Gasteiger partial charge is 0.496 e. The van der Waals surface area contributed by atoms with E-state index in [1.807, 2.05) is 30.3 Å². The van der Waals surface area contributed by atoms with Gasteiger partial charge in [0, 0.05) is 29.6 Å². The number of carbonyl (C=O) groups excluding carboxylic acids is 2. The Morgan fingerprint density at radius 2 is 2.03 bits per heavy atom. The van der Waals surface area contributed by atoms with Crippen molar-refractivity contribution >= 4 is 45.6 Å². The predicted molar refractivity (Wildman–Crippen MR) is 112 cm³/mol. The van der Waals surface area contributed by atoms with Gasteiger partial charge in [-0.25, -0.2) is 0 Å². The fourth-order valence-electron chi connectivity index (χ4n) is 3.20. The molecular weight excluding hydrogens is 412 g/mol. The van der Waals surface area contributed by atoms with Crippen LogP contribution in [0.3, 0.4) is 0 Å². The summed E-state index contributed by atoms with van der Waals surface area (Å²) in [7, 11) is 1.48. The van der Waals surface area contributed by atoms with Crippen LogP contribution >= 0.6 is 22.9 Å². The number of benzene rings is 2. The summed E-state index contributed by atoms with van der Waals surface area (Å²) in [4.78, 5) is 26.8. The maximum atomic E-state index is 12.6. The summed E-state index contributed by atoms with van der Waals surface area (Å²) < 4.78 is 5.22. The minimum absolute atomic E-state index is 0.0469. The molecule has 29 heavy (non-hydrogen) atoms. The van der Waals surface area contributed by atoms with Gasteiger partial charge in [0.1, 0.15) is 10.8 Å². The lowest BCUT2D eigenvalue weighted by atomic mass is 10.1. The molecule has 1 saturated heterocycles. The Labute approximate surface area is 176 Å². The molecule has 0 saturated carbocycles. The number of aromatic nitrogens is 2. The number of carbonyl (C=O) groups is 2. The number of para-hydroxylation sites is 1. The average molecular weight is 429 g/mol. The third-order valence-corrected chi connectivity index (χ3v) is 5.85. The van der Waals surface area contributed by atoms with E-state index in [1.165, 1.54) is 24.5 Å². The number of halogens is 1. The predicted octanol–water partition coefficient (Wildman–Crippen LogP) is 3.97. The van der Waals surface area contributed by atoms with E-state index in [0.717, 1.165) is 5.69 Å². The molecule has 1 aliphatic heterocycles. The molecule has 7 nitrogen and oxygen atoms in total. The Morgan fingerprint density at radius 1 is 1.24 bits per heavy atom. The first-order valence-electron chi connectivity index (χ1n) is 8.89. The summed E-state index contributed by atoms with van der Waals surface area (Å²) in [5.74, 6) is 0.00852. The van der Waals surface area contributed by atoms with E-state index < -0.39 is 0 Å². The highest BCUT2D eigenvalue weighted by atomic mass is 35.5. The molecule has 2 aromatic carbocycles. The molecule has 0 radical (unpaired) electrons. The lowest BCUT2D eigenvalue weighted by Crippen LogP contribution is -2.24. The number of hydrogen-bond acceptors (Lipinski definition) is 6. The minimum Gasteiger partial charge on any atom is -0.496 e. The van der Waals surface area contributed by atoms with Crippen LogP contribution in [-0.4, -0.2) is 35.7 Å². The number of nitrogens with zero attached hydrogens (tertiary/aromatic N) is 3. The van der Waals surface area contributed by atoms with Crippen LogP contribution in [0.5, 0.6) is 5.75 Å². The smallest absolute Gasteiger partial charge is 0.261 e. The molecule has 2 amide bonds. The van der Waals surface area contributed by atoms with E-state index in [-0.39, 0.29) is 17.7 Å². The van der Waals surface area contributed by atoms with Crippen molar-refractivity contribution in [1.29, 1.82) is 0 Å². The van der Waals surface area contributed by atoms with Crippen molar-refractivity contribution in [2.45, 2.75) is 12.3 Å².